The molecule has 4 rings (SSSR count). The average molecular weight is 313 g/mol. The minimum Gasteiger partial charge on any atom is -0.361 e. The zero-order valence-electron chi connectivity index (χ0n) is 13.0. The highest BCUT2D eigenvalue weighted by Crippen LogP contribution is 2.39. The number of hydrogen-bond donors (Lipinski definition) is 1. The first kappa shape index (κ1) is 14.2. The molecule has 2 fully saturated rings. The minimum absolute atomic E-state index is 0.0766. The molecule has 1 N–H and O–H groups in total. The van der Waals surface area contributed by atoms with Crippen LogP contribution in [0.4, 0.5) is 5.95 Å². The average Bonchev–Trinajstić information content (AvgIpc) is 3.16. The van der Waals surface area contributed by atoms with E-state index in [0.29, 0.717) is 17.4 Å². The van der Waals surface area contributed by atoms with Gasteiger partial charge in [0.05, 0.1) is 0 Å². The maximum absolute atomic E-state index is 12.1. The van der Waals surface area contributed by atoms with E-state index in [4.69, 9.17) is 4.52 Å². The molecule has 0 aromatic carbocycles. The maximum Gasteiger partial charge on any atom is 0.273 e. The fourth-order valence-corrected chi connectivity index (χ4v) is 2.91. The number of rotatable bonds is 4. The monoisotopic (exact) mass is 313 g/mol. The van der Waals surface area contributed by atoms with Gasteiger partial charge in [-0.05, 0) is 32.3 Å². The molecule has 0 radical (unpaired) electrons. The molecule has 1 saturated heterocycles. The number of nitrogens with zero attached hydrogens (tertiary/aromatic N) is 4. The van der Waals surface area contributed by atoms with E-state index >= 15 is 0 Å². The van der Waals surface area contributed by atoms with Gasteiger partial charge in [0.25, 0.3) is 5.91 Å². The van der Waals surface area contributed by atoms with E-state index < -0.39 is 0 Å². The van der Waals surface area contributed by atoms with Gasteiger partial charge in [-0.15, -0.1) is 0 Å². The Balaban J connectivity index is 1.39. The van der Waals surface area contributed by atoms with Gasteiger partial charge in [0.1, 0.15) is 5.76 Å². The zero-order valence-corrected chi connectivity index (χ0v) is 13.0. The van der Waals surface area contributed by atoms with Gasteiger partial charge in [-0.3, -0.25) is 4.79 Å². The molecule has 1 unspecified atom stereocenters. The first-order chi connectivity index (χ1) is 11.2. The Kier molecular flexibility index (Phi) is 3.48. The standard InChI is InChI=1S/C16H19N5O2/c1-10-8-14(20-23-10)15(22)18-12-5-7-21(9-12)16-17-6-4-13(19-16)11-2-3-11/h4,6,8,11-12H,2-3,5,7,9H2,1H3,(H,18,22). The van der Waals surface area contributed by atoms with Crippen molar-refractivity contribution in [1.29, 1.82) is 0 Å². The Morgan fingerprint density at radius 2 is 2.26 bits per heavy atom. The second-order valence-electron chi connectivity index (χ2n) is 6.28. The van der Waals surface area contributed by atoms with Gasteiger partial charge in [-0.2, -0.15) is 0 Å². The Morgan fingerprint density at radius 3 is 3.00 bits per heavy atom. The summed E-state index contributed by atoms with van der Waals surface area (Å²) in [7, 11) is 0. The third-order valence-corrected chi connectivity index (χ3v) is 4.33. The molecule has 1 saturated carbocycles. The van der Waals surface area contributed by atoms with Crippen molar-refractivity contribution in [2.75, 3.05) is 18.0 Å². The van der Waals surface area contributed by atoms with Crippen LogP contribution in [-0.2, 0) is 0 Å². The number of carbonyl (C=O) groups is 1. The fraction of sp³-hybridized carbons (Fsp3) is 0.500. The quantitative estimate of drug-likeness (QED) is 0.924. The topological polar surface area (TPSA) is 84.2 Å². The number of carbonyl (C=O) groups excluding carboxylic acids is 1. The van der Waals surface area contributed by atoms with Gasteiger partial charge in [-0.25, -0.2) is 9.97 Å². The van der Waals surface area contributed by atoms with Crippen molar-refractivity contribution in [3.8, 4) is 0 Å². The first-order valence-corrected chi connectivity index (χ1v) is 8.01. The maximum atomic E-state index is 12.1. The van der Waals surface area contributed by atoms with E-state index in [1.54, 1.807) is 13.0 Å². The number of hydrogen-bond acceptors (Lipinski definition) is 6. The van der Waals surface area contributed by atoms with Crippen LogP contribution < -0.4 is 10.2 Å². The van der Waals surface area contributed by atoms with Crippen LogP contribution >= 0.6 is 0 Å². The molecule has 3 heterocycles. The lowest BCUT2D eigenvalue weighted by atomic mass is 10.2. The van der Waals surface area contributed by atoms with Gasteiger partial charge in [-0.1, -0.05) is 5.16 Å². The SMILES string of the molecule is Cc1cc(C(=O)NC2CCN(c3nccc(C4CC4)n3)C2)no1. The molecule has 7 heteroatoms. The molecule has 23 heavy (non-hydrogen) atoms. The van der Waals surface area contributed by atoms with Crippen LogP contribution in [0, 0.1) is 6.92 Å². The molecule has 2 aromatic rings. The zero-order chi connectivity index (χ0) is 15.8. The van der Waals surface area contributed by atoms with Gasteiger partial charge >= 0.3 is 0 Å². The van der Waals surface area contributed by atoms with Crippen LogP contribution in [0.5, 0.6) is 0 Å². The predicted octanol–water partition coefficient (Wildman–Crippen LogP) is 1.66. The second kappa shape index (κ2) is 5.64. The molecule has 0 bridgehead atoms. The normalized spacial score (nSPS) is 20.7. The molecular formula is C16H19N5O2. The Labute approximate surface area is 134 Å². The van der Waals surface area contributed by atoms with E-state index in [0.717, 1.165) is 31.2 Å². The van der Waals surface area contributed by atoms with Gasteiger partial charge in [0, 0.05) is 43.0 Å². The van der Waals surface area contributed by atoms with Crippen LogP contribution in [0.3, 0.4) is 0 Å². The van der Waals surface area contributed by atoms with Crippen molar-refractivity contribution >= 4 is 11.9 Å². The third-order valence-electron chi connectivity index (χ3n) is 4.33. The number of anilines is 1. The number of amides is 1. The van der Waals surface area contributed by atoms with E-state index in [1.807, 2.05) is 12.3 Å². The van der Waals surface area contributed by atoms with Crippen LogP contribution in [0.25, 0.3) is 0 Å². The number of aryl methyl sites for hydroxylation is 1. The van der Waals surface area contributed by atoms with E-state index in [-0.39, 0.29) is 11.9 Å². The molecule has 2 aliphatic rings. The first-order valence-electron chi connectivity index (χ1n) is 8.01. The molecule has 1 atom stereocenters. The summed E-state index contributed by atoms with van der Waals surface area (Å²) in [5.74, 6) is 1.82. The highest BCUT2D eigenvalue weighted by molar-refractivity contribution is 5.92. The van der Waals surface area contributed by atoms with Crippen molar-refractivity contribution in [2.45, 2.75) is 38.1 Å². The third kappa shape index (κ3) is 3.04. The predicted molar refractivity (Wildman–Crippen MR) is 83.3 cm³/mol. The molecule has 0 spiro atoms. The lowest BCUT2D eigenvalue weighted by Gasteiger charge is -2.17. The van der Waals surface area contributed by atoms with Crippen LogP contribution in [0.2, 0.25) is 0 Å². The molecule has 1 aliphatic heterocycles. The second-order valence-corrected chi connectivity index (χ2v) is 6.28. The van der Waals surface area contributed by atoms with Gasteiger partial charge in [0.2, 0.25) is 5.95 Å². The van der Waals surface area contributed by atoms with E-state index in [9.17, 15) is 4.79 Å². The van der Waals surface area contributed by atoms with Crippen LogP contribution in [0.15, 0.2) is 22.9 Å². The highest BCUT2D eigenvalue weighted by atomic mass is 16.5. The summed E-state index contributed by atoms with van der Waals surface area (Å²) in [6.45, 7) is 3.33. The van der Waals surface area contributed by atoms with Gasteiger partial charge < -0.3 is 14.7 Å². The fourth-order valence-electron chi connectivity index (χ4n) is 2.91. The summed E-state index contributed by atoms with van der Waals surface area (Å²) in [6, 6.07) is 3.72. The molecule has 2 aromatic heterocycles. The van der Waals surface area contributed by atoms with Crippen molar-refractivity contribution in [2.24, 2.45) is 0 Å². The number of nitrogens with one attached hydrogen (secondary N) is 1. The summed E-state index contributed by atoms with van der Waals surface area (Å²) in [5, 5.41) is 6.75. The van der Waals surface area contributed by atoms with Crippen molar-refractivity contribution in [3.63, 3.8) is 0 Å². The largest absolute Gasteiger partial charge is 0.361 e. The van der Waals surface area contributed by atoms with E-state index in [1.165, 1.54) is 12.8 Å². The summed E-state index contributed by atoms with van der Waals surface area (Å²) in [6.07, 6.45) is 5.16. The Morgan fingerprint density at radius 1 is 1.39 bits per heavy atom. The summed E-state index contributed by atoms with van der Waals surface area (Å²) in [5.41, 5.74) is 1.47. The highest BCUT2D eigenvalue weighted by Gasteiger charge is 2.29. The molecule has 1 aliphatic carbocycles. The van der Waals surface area contributed by atoms with Crippen molar-refractivity contribution < 1.29 is 9.32 Å². The minimum atomic E-state index is -0.193. The smallest absolute Gasteiger partial charge is 0.273 e. The lowest BCUT2D eigenvalue weighted by Crippen LogP contribution is -2.37. The summed E-state index contributed by atoms with van der Waals surface area (Å²) >= 11 is 0. The van der Waals surface area contributed by atoms with Crippen LogP contribution in [-0.4, -0.2) is 40.2 Å². The molecule has 120 valence electrons. The molecule has 7 nitrogen and oxygen atoms in total. The Bertz CT molecular complexity index is 725. The van der Waals surface area contributed by atoms with Crippen molar-refractivity contribution in [1.82, 2.24) is 20.4 Å². The Hall–Kier alpha value is -2.44. The number of aromatic nitrogens is 3. The lowest BCUT2D eigenvalue weighted by molar-refractivity contribution is 0.0931. The van der Waals surface area contributed by atoms with Crippen molar-refractivity contribution in [3.05, 3.63) is 35.5 Å². The van der Waals surface area contributed by atoms with E-state index in [2.05, 4.69) is 25.3 Å². The molecular weight excluding hydrogens is 294 g/mol. The van der Waals surface area contributed by atoms with Gasteiger partial charge in [0.15, 0.2) is 5.69 Å². The van der Waals surface area contributed by atoms with Crippen LogP contribution in [0.1, 0.15) is 47.1 Å². The summed E-state index contributed by atoms with van der Waals surface area (Å²) < 4.78 is 4.94. The molecule has 1 amide bonds. The summed E-state index contributed by atoms with van der Waals surface area (Å²) in [4.78, 5) is 23.3.